The molecule has 0 unspecified atom stereocenters. The van der Waals surface area contributed by atoms with Crippen molar-refractivity contribution in [3.05, 3.63) is 34.9 Å². The minimum absolute atomic E-state index is 0.599. The van der Waals surface area contributed by atoms with E-state index in [1.165, 1.54) is 31.2 Å². The van der Waals surface area contributed by atoms with Gasteiger partial charge in [0.25, 0.3) is 0 Å². The molecule has 1 saturated carbocycles. The van der Waals surface area contributed by atoms with Crippen molar-refractivity contribution in [2.75, 3.05) is 0 Å². The van der Waals surface area contributed by atoms with Crippen molar-refractivity contribution in [2.24, 2.45) is 0 Å². The Bertz CT molecular complexity index is 524. The molecule has 0 aromatic carbocycles. The Morgan fingerprint density at radius 3 is 2.81 bits per heavy atom. The molecule has 0 atom stereocenters. The Balaban J connectivity index is 2.19. The molecule has 0 amide bonds. The fourth-order valence-corrected chi connectivity index (χ4v) is 2.89. The quantitative estimate of drug-likeness (QED) is 0.730. The van der Waals surface area contributed by atoms with Crippen molar-refractivity contribution >= 4 is 17.1 Å². The zero-order chi connectivity index (χ0) is 11.1. The lowest BCUT2D eigenvalue weighted by Crippen LogP contribution is -2.00. The Labute approximate surface area is 100 Å². The summed E-state index contributed by atoms with van der Waals surface area (Å²) in [6, 6.07) is 4.14. The minimum Gasteiger partial charge on any atom is -0.302 e. The SMILES string of the molecule is Cc1ccc2c(Cl)nc(C3CCCC3)n2c1. The highest BCUT2D eigenvalue weighted by Crippen LogP contribution is 2.35. The van der Waals surface area contributed by atoms with Gasteiger partial charge in [-0.25, -0.2) is 4.98 Å². The number of hydrogen-bond acceptors (Lipinski definition) is 1. The number of aryl methyl sites for hydroxylation is 1. The summed E-state index contributed by atoms with van der Waals surface area (Å²) in [5.41, 5.74) is 2.29. The zero-order valence-electron chi connectivity index (χ0n) is 9.41. The fraction of sp³-hybridized carbons (Fsp3) is 0.462. The van der Waals surface area contributed by atoms with Gasteiger partial charge in [0.15, 0.2) is 5.15 Å². The molecule has 1 aliphatic rings. The Hall–Kier alpha value is -1.02. The molecular weight excluding hydrogens is 220 g/mol. The number of rotatable bonds is 1. The van der Waals surface area contributed by atoms with Crippen LogP contribution in [0.15, 0.2) is 18.3 Å². The van der Waals surface area contributed by atoms with Crippen molar-refractivity contribution in [1.82, 2.24) is 9.38 Å². The van der Waals surface area contributed by atoms with Crippen LogP contribution in [0.3, 0.4) is 0 Å². The summed E-state index contributed by atoms with van der Waals surface area (Å²) in [7, 11) is 0. The van der Waals surface area contributed by atoms with E-state index in [0.717, 1.165) is 11.3 Å². The lowest BCUT2D eigenvalue weighted by molar-refractivity contribution is 0.664. The molecule has 2 nitrogen and oxygen atoms in total. The maximum Gasteiger partial charge on any atom is 0.155 e. The number of fused-ring (bicyclic) bond motifs is 1. The van der Waals surface area contributed by atoms with Crippen LogP contribution < -0.4 is 0 Å². The first kappa shape index (κ1) is 10.2. The molecule has 0 aliphatic heterocycles. The first-order chi connectivity index (χ1) is 7.75. The van der Waals surface area contributed by atoms with E-state index in [9.17, 15) is 0 Å². The van der Waals surface area contributed by atoms with Crippen LogP contribution >= 0.6 is 11.6 Å². The van der Waals surface area contributed by atoms with Crippen LogP contribution in [0.4, 0.5) is 0 Å². The van der Waals surface area contributed by atoms with Gasteiger partial charge >= 0.3 is 0 Å². The first-order valence-corrected chi connectivity index (χ1v) is 6.27. The van der Waals surface area contributed by atoms with Gasteiger partial charge in [0.05, 0.1) is 5.52 Å². The molecule has 0 radical (unpaired) electrons. The van der Waals surface area contributed by atoms with E-state index in [1.807, 2.05) is 0 Å². The van der Waals surface area contributed by atoms with Crippen molar-refractivity contribution in [3.8, 4) is 0 Å². The van der Waals surface area contributed by atoms with Gasteiger partial charge in [0.1, 0.15) is 5.82 Å². The van der Waals surface area contributed by atoms with Crippen LogP contribution in [0, 0.1) is 6.92 Å². The highest BCUT2D eigenvalue weighted by Gasteiger charge is 2.22. The van der Waals surface area contributed by atoms with Crippen LogP contribution in [0.25, 0.3) is 5.52 Å². The second kappa shape index (κ2) is 3.77. The van der Waals surface area contributed by atoms with Gasteiger partial charge < -0.3 is 4.40 Å². The van der Waals surface area contributed by atoms with E-state index >= 15 is 0 Å². The molecule has 0 bridgehead atoms. The molecule has 2 aromatic heterocycles. The molecule has 1 aliphatic carbocycles. The van der Waals surface area contributed by atoms with Crippen LogP contribution in [0.1, 0.15) is 43.0 Å². The van der Waals surface area contributed by atoms with Gasteiger partial charge in [-0.1, -0.05) is 30.5 Å². The number of aromatic nitrogens is 2. The van der Waals surface area contributed by atoms with Gasteiger partial charge in [-0.3, -0.25) is 0 Å². The van der Waals surface area contributed by atoms with Gasteiger partial charge in [0.2, 0.25) is 0 Å². The summed E-state index contributed by atoms with van der Waals surface area (Å²) >= 11 is 6.18. The third-order valence-corrected chi connectivity index (χ3v) is 3.77. The van der Waals surface area contributed by atoms with Gasteiger partial charge in [-0.15, -0.1) is 0 Å². The van der Waals surface area contributed by atoms with Gasteiger partial charge in [-0.05, 0) is 31.4 Å². The maximum atomic E-state index is 6.18. The van der Waals surface area contributed by atoms with Crippen LogP contribution in [0.2, 0.25) is 5.15 Å². The molecule has 16 heavy (non-hydrogen) atoms. The van der Waals surface area contributed by atoms with Gasteiger partial charge in [0, 0.05) is 12.1 Å². The zero-order valence-corrected chi connectivity index (χ0v) is 10.2. The summed E-state index contributed by atoms with van der Waals surface area (Å²) in [6.07, 6.45) is 7.29. The van der Waals surface area contributed by atoms with Crippen molar-refractivity contribution in [3.63, 3.8) is 0 Å². The highest BCUT2D eigenvalue weighted by atomic mass is 35.5. The number of nitrogens with zero attached hydrogens (tertiary/aromatic N) is 2. The minimum atomic E-state index is 0.599. The maximum absolute atomic E-state index is 6.18. The molecule has 1 fully saturated rings. The topological polar surface area (TPSA) is 17.3 Å². The average molecular weight is 235 g/mol. The first-order valence-electron chi connectivity index (χ1n) is 5.90. The van der Waals surface area contributed by atoms with Crippen LogP contribution in [-0.4, -0.2) is 9.38 Å². The summed E-state index contributed by atoms with van der Waals surface area (Å²) in [5.74, 6) is 1.75. The van der Waals surface area contributed by atoms with E-state index in [-0.39, 0.29) is 0 Å². The van der Waals surface area contributed by atoms with E-state index in [2.05, 4.69) is 34.6 Å². The summed E-state index contributed by atoms with van der Waals surface area (Å²) < 4.78 is 2.17. The van der Waals surface area contributed by atoms with Crippen molar-refractivity contribution < 1.29 is 0 Å². The predicted octanol–water partition coefficient (Wildman–Crippen LogP) is 3.95. The smallest absolute Gasteiger partial charge is 0.155 e. The molecule has 0 N–H and O–H groups in total. The molecule has 84 valence electrons. The Morgan fingerprint density at radius 2 is 2.06 bits per heavy atom. The number of pyridine rings is 1. The highest BCUT2D eigenvalue weighted by molar-refractivity contribution is 6.32. The second-order valence-electron chi connectivity index (χ2n) is 4.70. The molecule has 3 heteroatoms. The number of hydrogen-bond donors (Lipinski definition) is 0. The lowest BCUT2D eigenvalue weighted by Gasteiger charge is -2.08. The second-order valence-corrected chi connectivity index (χ2v) is 5.06. The summed E-state index contributed by atoms with van der Waals surface area (Å²) in [4.78, 5) is 4.54. The molecular formula is C13H15ClN2. The normalized spacial score (nSPS) is 17.4. The molecule has 3 rings (SSSR count). The predicted molar refractivity (Wildman–Crippen MR) is 66.1 cm³/mol. The largest absolute Gasteiger partial charge is 0.302 e. The monoisotopic (exact) mass is 234 g/mol. The van der Waals surface area contributed by atoms with Crippen LogP contribution in [0.5, 0.6) is 0 Å². The van der Waals surface area contributed by atoms with Crippen LogP contribution in [-0.2, 0) is 0 Å². The number of halogens is 1. The van der Waals surface area contributed by atoms with E-state index in [0.29, 0.717) is 11.1 Å². The van der Waals surface area contributed by atoms with E-state index < -0.39 is 0 Å². The summed E-state index contributed by atoms with van der Waals surface area (Å²) in [5, 5.41) is 0.641. The van der Waals surface area contributed by atoms with Crippen molar-refractivity contribution in [2.45, 2.75) is 38.5 Å². The van der Waals surface area contributed by atoms with E-state index in [4.69, 9.17) is 11.6 Å². The molecule has 0 saturated heterocycles. The van der Waals surface area contributed by atoms with Gasteiger partial charge in [-0.2, -0.15) is 0 Å². The Kier molecular flexibility index (Phi) is 2.40. The van der Waals surface area contributed by atoms with E-state index in [1.54, 1.807) is 0 Å². The average Bonchev–Trinajstić information content (AvgIpc) is 2.86. The number of imidazole rings is 1. The third kappa shape index (κ3) is 1.52. The Morgan fingerprint density at radius 1 is 1.31 bits per heavy atom. The molecule has 2 heterocycles. The van der Waals surface area contributed by atoms with Crippen molar-refractivity contribution in [1.29, 1.82) is 0 Å². The molecule has 0 spiro atoms. The standard InChI is InChI=1S/C13H15ClN2/c1-9-6-7-11-12(14)15-13(16(11)8-9)10-4-2-3-5-10/h6-8,10H,2-5H2,1H3. The fourth-order valence-electron chi connectivity index (χ4n) is 2.65. The third-order valence-electron chi connectivity index (χ3n) is 3.49. The summed E-state index contributed by atoms with van der Waals surface area (Å²) in [6.45, 7) is 2.10. The lowest BCUT2D eigenvalue weighted by atomic mass is 10.1. The molecule has 2 aromatic rings.